The zero-order chi connectivity index (χ0) is 17.8. The maximum absolute atomic E-state index is 12.3. The number of fused-ring (bicyclic) bond motifs is 2. The highest BCUT2D eigenvalue weighted by molar-refractivity contribution is 5.77. The van der Waals surface area contributed by atoms with Gasteiger partial charge in [0.2, 0.25) is 5.91 Å². The lowest BCUT2D eigenvalue weighted by Crippen LogP contribution is -2.53. The largest absolute Gasteiger partial charge is 0.379 e. The van der Waals surface area contributed by atoms with Gasteiger partial charge in [-0.3, -0.25) is 14.9 Å². The first-order chi connectivity index (χ1) is 12.0. The molecule has 2 fully saturated rings. The number of nitrogens with one attached hydrogen (secondary N) is 2. The minimum Gasteiger partial charge on any atom is -0.379 e. The first-order valence-corrected chi connectivity index (χ1v) is 9.07. The van der Waals surface area contributed by atoms with Crippen molar-refractivity contribution in [3.05, 3.63) is 34.4 Å². The standard InChI is InChI=1S/C18H26N4O3/c19-14-10-12-4-3-5-13(11-14)18(12)21-17(23)8-9-20-15-6-1-2-7-16(15)22(24)25/h1-2,6-7,12-14,18,20H,3-5,8-11,19H2,(H,21,23). The summed E-state index contributed by atoms with van der Waals surface area (Å²) in [6.07, 6.45) is 5.81. The van der Waals surface area contributed by atoms with Crippen molar-refractivity contribution in [1.29, 1.82) is 0 Å². The van der Waals surface area contributed by atoms with Crippen LogP contribution in [-0.2, 0) is 4.79 Å². The summed E-state index contributed by atoms with van der Waals surface area (Å²) in [6.45, 7) is 0.373. The number of carbonyl (C=O) groups excluding carboxylic acids is 1. The van der Waals surface area contributed by atoms with Gasteiger partial charge in [-0.1, -0.05) is 18.6 Å². The van der Waals surface area contributed by atoms with Crippen molar-refractivity contribution in [2.24, 2.45) is 17.6 Å². The Morgan fingerprint density at radius 1 is 1.24 bits per heavy atom. The molecule has 2 unspecified atom stereocenters. The number of carbonyl (C=O) groups is 1. The van der Waals surface area contributed by atoms with Gasteiger partial charge < -0.3 is 16.4 Å². The number of rotatable bonds is 6. The van der Waals surface area contributed by atoms with Crippen LogP contribution >= 0.6 is 0 Å². The van der Waals surface area contributed by atoms with E-state index in [0.29, 0.717) is 30.5 Å². The Morgan fingerprint density at radius 2 is 1.92 bits per heavy atom. The summed E-state index contributed by atoms with van der Waals surface area (Å²) in [5.41, 5.74) is 6.60. The second-order valence-corrected chi connectivity index (χ2v) is 7.23. The number of amides is 1. The molecule has 2 atom stereocenters. The molecule has 4 N–H and O–H groups in total. The first kappa shape index (κ1) is 17.7. The van der Waals surface area contributed by atoms with Gasteiger partial charge in [0, 0.05) is 31.1 Å². The van der Waals surface area contributed by atoms with E-state index >= 15 is 0 Å². The summed E-state index contributed by atoms with van der Waals surface area (Å²) in [4.78, 5) is 22.9. The minimum atomic E-state index is -0.422. The van der Waals surface area contributed by atoms with Crippen LogP contribution in [0.4, 0.5) is 11.4 Å². The molecule has 2 saturated carbocycles. The van der Waals surface area contributed by atoms with Crippen LogP contribution in [0.5, 0.6) is 0 Å². The van der Waals surface area contributed by atoms with E-state index in [1.54, 1.807) is 18.2 Å². The van der Waals surface area contributed by atoms with E-state index in [-0.39, 0.29) is 23.7 Å². The Kier molecular flexibility index (Phi) is 5.53. The molecule has 1 amide bonds. The second kappa shape index (κ2) is 7.82. The van der Waals surface area contributed by atoms with Gasteiger partial charge in [0.15, 0.2) is 0 Å². The van der Waals surface area contributed by atoms with Crippen molar-refractivity contribution in [1.82, 2.24) is 5.32 Å². The zero-order valence-electron chi connectivity index (χ0n) is 14.3. The third kappa shape index (κ3) is 4.28. The number of benzene rings is 1. The maximum Gasteiger partial charge on any atom is 0.292 e. The Balaban J connectivity index is 1.50. The van der Waals surface area contributed by atoms with Crippen LogP contribution in [0.2, 0.25) is 0 Å². The van der Waals surface area contributed by atoms with Gasteiger partial charge in [0.1, 0.15) is 5.69 Å². The van der Waals surface area contributed by atoms with Gasteiger partial charge >= 0.3 is 0 Å². The number of nitro groups is 1. The smallest absolute Gasteiger partial charge is 0.292 e. The molecule has 3 rings (SSSR count). The number of hydrogen-bond donors (Lipinski definition) is 3. The average Bonchev–Trinajstić information content (AvgIpc) is 2.56. The number of nitrogens with zero attached hydrogens (tertiary/aromatic N) is 1. The Hall–Kier alpha value is -2.15. The molecule has 7 nitrogen and oxygen atoms in total. The Morgan fingerprint density at radius 3 is 2.60 bits per heavy atom. The topological polar surface area (TPSA) is 110 Å². The van der Waals surface area contributed by atoms with Crippen LogP contribution < -0.4 is 16.4 Å². The van der Waals surface area contributed by atoms with Crippen LogP contribution in [0.1, 0.15) is 38.5 Å². The molecular weight excluding hydrogens is 320 g/mol. The molecule has 0 heterocycles. The lowest BCUT2D eigenvalue weighted by atomic mass is 9.67. The SMILES string of the molecule is NC1CC2CCCC(C1)C2NC(=O)CCNc1ccccc1[N+](=O)[O-]. The van der Waals surface area contributed by atoms with Crippen LogP contribution in [0, 0.1) is 22.0 Å². The van der Waals surface area contributed by atoms with Gasteiger partial charge in [0.25, 0.3) is 5.69 Å². The highest BCUT2D eigenvalue weighted by Gasteiger charge is 2.39. The van der Waals surface area contributed by atoms with Crippen LogP contribution in [-0.4, -0.2) is 29.5 Å². The number of anilines is 1. The molecule has 0 aromatic heterocycles. The summed E-state index contributed by atoms with van der Waals surface area (Å²) < 4.78 is 0. The van der Waals surface area contributed by atoms with E-state index in [4.69, 9.17) is 5.73 Å². The molecule has 25 heavy (non-hydrogen) atoms. The number of nitrogens with two attached hydrogens (primary N) is 1. The summed E-state index contributed by atoms with van der Waals surface area (Å²) in [5, 5.41) is 17.2. The number of para-hydroxylation sites is 2. The predicted molar refractivity (Wildman–Crippen MR) is 96.2 cm³/mol. The lowest BCUT2D eigenvalue weighted by molar-refractivity contribution is -0.384. The zero-order valence-corrected chi connectivity index (χ0v) is 14.3. The number of nitro benzene ring substituents is 1. The summed E-state index contributed by atoms with van der Waals surface area (Å²) in [7, 11) is 0. The monoisotopic (exact) mass is 346 g/mol. The van der Waals surface area contributed by atoms with E-state index in [9.17, 15) is 14.9 Å². The Bertz CT molecular complexity index is 623. The molecule has 0 spiro atoms. The van der Waals surface area contributed by atoms with Gasteiger partial charge in [-0.25, -0.2) is 0 Å². The highest BCUT2D eigenvalue weighted by atomic mass is 16.6. The van der Waals surface area contributed by atoms with Gasteiger partial charge in [-0.05, 0) is 43.6 Å². The average molecular weight is 346 g/mol. The predicted octanol–water partition coefficient (Wildman–Crippen LogP) is 2.42. The van der Waals surface area contributed by atoms with Gasteiger partial charge in [0.05, 0.1) is 4.92 Å². The molecule has 1 aromatic rings. The van der Waals surface area contributed by atoms with Crippen molar-refractivity contribution >= 4 is 17.3 Å². The molecule has 2 aliphatic carbocycles. The van der Waals surface area contributed by atoms with Crippen LogP contribution in [0.3, 0.4) is 0 Å². The van der Waals surface area contributed by atoms with E-state index in [0.717, 1.165) is 25.7 Å². The molecule has 7 heteroatoms. The van der Waals surface area contributed by atoms with Gasteiger partial charge in [-0.2, -0.15) is 0 Å². The van der Waals surface area contributed by atoms with E-state index in [1.807, 2.05) is 0 Å². The third-order valence-corrected chi connectivity index (χ3v) is 5.47. The summed E-state index contributed by atoms with van der Waals surface area (Å²) in [6, 6.07) is 6.98. The minimum absolute atomic E-state index is 0.00320. The molecule has 1 aromatic carbocycles. The summed E-state index contributed by atoms with van der Waals surface area (Å²) in [5.74, 6) is 0.993. The molecule has 0 saturated heterocycles. The second-order valence-electron chi connectivity index (χ2n) is 7.23. The maximum atomic E-state index is 12.3. The third-order valence-electron chi connectivity index (χ3n) is 5.47. The van der Waals surface area contributed by atoms with Crippen LogP contribution in [0.25, 0.3) is 0 Å². The molecule has 2 bridgehead atoms. The molecule has 0 radical (unpaired) electrons. The van der Waals surface area contributed by atoms with Crippen molar-refractivity contribution in [3.8, 4) is 0 Å². The number of hydrogen-bond acceptors (Lipinski definition) is 5. The summed E-state index contributed by atoms with van der Waals surface area (Å²) >= 11 is 0. The van der Waals surface area contributed by atoms with Crippen molar-refractivity contribution in [2.45, 2.75) is 50.6 Å². The van der Waals surface area contributed by atoms with Crippen molar-refractivity contribution < 1.29 is 9.72 Å². The van der Waals surface area contributed by atoms with E-state index in [2.05, 4.69) is 10.6 Å². The fraction of sp³-hybridized carbons (Fsp3) is 0.611. The quantitative estimate of drug-likeness (QED) is 0.541. The van der Waals surface area contributed by atoms with E-state index < -0.39 is 4.92 Å². The molecule has 2 aliphatic rings. The molecule has 136 valence electrons. The van der Waals surface area contributed by atoms with Gasteiger partial charge in [-0.15, -0.1) is 0 Å². The van der Waals surface area contributed by atoms with E-state index in [1.165, 1.54) is 12.5 Å². The normalized spacial score (nSPS) is 28.2. The fourth-order valence-electron chi connectivity index (χ4n) is 4.38. The van der Waals surface area contributed by atoms with Crippen molar-refractivity contribution in [3.63, 3.8) is 0 Å². The fourth-order valence-corrected chi connectivity index (χ4v) is 4.38. The first-order valence-electron chi connectivity index (χ1n) is 9.07. The van der Waals surface area contributed by atoms with Crippen molar-refractivity contribution in [2.75, 3.05) is 11.9 Å². The van der Waals surface area contributed by atoms with Crippen LogP contribution in [0.15, 0.2) is 24.3 Å². The molecular formula is C18H26N4O3. The highest BCUT2D eigenvalue weighted by Crippen LogP contribution is 2.39. The Labute approximate surface area is 147 Å². The lowest BCUT2D eigenvalue weighted by Gasteiger charge is -2.45. The molecule has 0 aliphatic heterocycles.